The molecule has 2 aromatic carbocycles. The quantitative estimate of drug-likeness (QED) is 0.541. The van der Waals surface area contributed by atoms with Crippen LogP contribution in [0.1, 0.15) is 19.9 Å². The molecule has 0 radical (unpaired) electrons. The Hall–Kier alpha value is -3.68. The topological polar surface area (TPSA) is 100 Å². The minimum Gasteiger partial charge on any atom is -0.497 e. The predicted octanol–water partition coefficient (Wildman–Crippen LogP) is 3.36. The molecule has 4 rings (SSSR count). The van der Waals surface area contributed by atoms with Crippen LogP contribution in [0.4, 0.5) is 5.82 Å². The van der Waals surface area contributed by atoms with Gasteiger partial charge >= 0.3 is 0 Å². The molecule has 0 unspecified atom stereocenters. The standard InChI is InChI=1S/C21H23N5O3/c1-12(2)25-21(27)18(20-23-16-7-5-6-8-17(16)24-20)19(22)26(25)13-9-14(28-3)11-15(10-13)29-4/h5-12H,22H2,1-4H3,(H,23,24). The molecular formula is C21H23N5O3. The molecule has 0 aliphatic heterocycles. The minimum absolute atomic E-state index is 0.139. The Kier molecular flexibility index (Phi) is 4.54. The van der Waals surface area contributed by atoms with Crippen LogP contribution >= 0.6 is 0 Å². The predicted molar refractivity (Wildman–Crippen MR) is 113 cm³/mol. The fraction of sp³-hybridized carbons (Fsp3) is 0.238. The van der Waals surface area contributed by atoms with E-state index in [1.807, 2.05) is 38.1 Å². The van der Waals surface area contributed by atoms with E-state index in [-0.39, 0.29) is 17.4 Å². The number of rotatable bonds is 5. The third kappa shape index (κ3) is 3.02. The summed E-state index contributed by atoms with van der Waals surface area (Å²) < 4.78 is 14.0. The lowest BCUT2D eigenvalue weighted by molar-refractivity contribution is 0.392. The van der Waals surface area contributed by atoms with Crippen LogP contribution in [0.15, 0.2) is 47.3 Å². The second-order valence-corrected chi connectivity index (χ2v) is 6.99. The number of para-hydroxylation sites is 2. The lowest BCUT2D eigenvalue weighted by Gasteiger charge is -2.17. The van der Waals surface area contributed by atoms with Crippen molar-refractivity contribution in [1.29, 1.82) is 0 Å². The van der Waals surface area contributed by atoms with Crippen molar-refractivity contribution in [3.63, 3.8) is 0 Å². The first-order valence-electron chi connectivity index (χ1n) is 9.26. The number of hydrogen-bond acceptors (Lipinski definition) is 5. The lowest BCUT2D eigenvalue weighted by atomic mass is 10.2. The molecule has 0 saturated carbocycles. The van der Waals surface area contributed by atoms with Gasteiger partial charge in [0.1, 0.15) is 28.7 Å². The Morgan fingerprint density at radius 1 is 1.07 bits per heavy atom. The second kappa shape index (κ2) is 7.05. The summed E-state index contributed by atoms with van der Waals surface area (Å²) in [4.78, 5) is 21.1. The highest BCUT2D eigenvalue weighted by molar-refractivity contribution is 5.81. The van der Waals surface area contributed by atoms with Crippen molar-refractivity contribution < 1.29 is 9.47 Å². The number of aromatic amines is 1. The van der Waals surface area contributed by atoms with Crippen LogP contribution in [0.3, 0.4) is 0 Å². The van der Waals surface area contributed by atoms with Gasteiger partial charge in [0.2, 0.25) is 0 Å². The first-order chi connectivity index (χ1) is 13.9. The Bertz CT molecular complexity index is 1190. The van der Waals surface area contributed by atoms with Crippen LogP contribution in [-0.4, -0.2) is 33.6 Å². The summed E-state index contributed by atoms with van der Waals surface area (Å²) in [6.45, 7) is 3.86. The summed E-state index contributed by atoms with van der Waals surface area (Å²) in [5, 5.41) is 0. The van der Waals surface area contributed by atoms with Gasteiger partial charge in [0.15, 0.2) is 0 Å². The zero-order valence-corrected chi connectivity index (χ0v) is 16.8. The van der Waals surface area contributed by atoms with E-state index in [1.165, 1.54) is 0 Å². The second-order valence-electron chi connectivity index (χ2n) is 6.99. The molecule has 29 heavy (non-hydrogen) atoms. The number of nitrogens with zero attached hydrogens (tertiary/aromatic N) is 3. The molecule has 8 heteroatoms. The summed E-state index contributed by atoms with van der Waals surface area (Å²) in [5.74, 6) is 1.93. The van der Waals surface area contributed by atoms with Gasteiger partial charge in [-0.15, -0.1) is 0 Å². The third-order valence-electron chi connectivity index (χ3n) is 4.82. The molecule has 0 saturated heterocycles. The molecule has 2 heterocycles. The fourth-order valence-electron chi connectivity index (χ4n) is 3.47. The number of fused-ring (bicyclic) bond motifs is 1. The Morgan fingerprint density at radius 3 is 2.31 bits per heavy atom. The van der Waals surface area contributed by atoms with E-state index < -0.39 is 0 Å². The average molecular weight is 393 g/mol. The maximum atomic E-state index is 13.4. The van der Waals surface area contributed by atoms with Crippen LogP contribution in [-0.2, 0) is 0 Å². The first-order valence-corrected chi connectivity index (χ1v) is 9.26. The molecule has 2 aromatic heterocycles. The molecule has 0 amide bonds. The van der Waals surface area contributed by atoms with Crippen LogP contribution in [0.2, 0.25) is 0 Å². The number of nitrogens with two attached hydrogens (primary N) is 1. The number of methoxy groups -OCH3 is 2. The molecule has 0 atom stereocenters. The summed E-state index contributed by atoms with van der Waals surface area (Å²) >= 11 is 0. The van der Waals surface area contributed by atoms with E-state index in [0.29, 0.717) is 28.6 Å². The summed E-state index contributed by atoms with van der Waals surface area (Å²) in [7, 11) is 3.15. The van der Waals surface area contributed by atoms with E-state index in [9.17, 15) is 4.79 Å². The van der Waals surface area contributed by atoms with Crippen molar-refractivity contribution in [2.75, 3.05) is 20.0 Å². The van der Waals surface area contributed by atoms with Gasteiger partial charge in [-0.25, -0.2) is 14.3 Å². The SMILES string of the molecule is COc1cc(OC)cc(-n2c(N)c(-c3nc4ccccc4[nH]3)c(=O)n2C(C)C)c1. The van der Waals surface area contributed by atoms with Gasteiger partial charge < -0.3 is 20.2 Å². The summed E-state index contributed by atoms with van der Waals surface area (Å²) in [6, 6.07) is 12.8. The average Bonchev–Trinajstić information content (AvgIpc) is 3.25. The molecular weight excluding hydrogens is 370 g/mol. The molecule has 0 fully saturated rings. The van der Waals surface area contributed by atoms with Crippen LogP contribution in [0.5, 0.6) is 11.5 Å². The zero-order valence-electron chi connectivity index (χ0n) is 16.8. The van der Waals surface area contributed by atoms with Gasteiger partial charge in [0.05, 0.1) is 30.9 Å². The fourth-order valence-corrected chi connectivity index (χ4v) is 3.47. The number of anilines is 1. The van der Waals surface area contributed by atoms with Crippen LogP contribution in [0, 0.1) is 0 Å². The molecule has 0 aliphatic carbocycles. The minimum atomic E-state index is -0.224. The van der Waals surface area contributed by atoms with E-state index in [0.717, 1.165) is 11.0 Å². The number of ether oxygens (including phenoxy) is 2. The molecule has 150 valence electrons. The first kappa shape index (κ1) is 18.7. The van der Waals surface area contributed by atoms with Crippen molar-refractivity contribution in [3.05, 3.63) is 52.8 Å². The monoisotopic (exact) mass is 393 g/mol. The number of benzene rings is 2. The van der Waals surface area contributed by atoms with Crippen molar-refractivity contribution in [3.8, 4) is 28.6 Å². The van der Waals surface area contributed by atoms with Crippen LogP contribution < -0.4 is 20.8 Å². The number of nitrogen functional groups attached to an aromatic ring is 1. The van der Waals surface area contributed by atoms with E-state index in [1.54, 1.807) is 41.8 Å². The third-order valence-corrected chi connectivity index (χ3v) is 4.82. The van der Waals surface area contributed by atoms with Gasteiger partial charge in [0, 0.05) is 24.2 Å². The Labute approximate surface area is 167 Å². The molecule has 0 bridgehead atoms. The number of H-pyrrole nitrogens is 1. The maximum absolute atomic E-state index is 13.4. The van der Waals surface area contributed by atoms with Gasteiger partial charge in [-0.3, -0.25) is 4.79 Å². The number of hydrogen-bond donors (Lipinski definition) is 2. The Morgan fingerprint density at radius 2 is 1.72 bits per heavy atom. The molecule has 3 N–H and O–H groups in total. The normalized spacial score (nSPS) is 11.3. The highest BCUT2D eigenvalue weighted by Gasteiger charge is 2.25. The summed E-state index contributed by atoms with van der Waals surface area (Å²) in [6.07, 6.45) is 0. The van der Waals surface area contributed by atoms with E-state index >= 15 is 0 Å². The highest BCUT2D eigenvalue weighted by Crippen LogP contribution is 2.31. The molecule has 0 aliphatic rings. The largest absolute Gasteiger partial charge is 0.497 e. The number of aromatic nitrogens is 4. The Balaban J connectivity index is 2.01. The lowest BCUT2D eigenvalue weighted by Crippen LogP contribution is -2.25. The van der Waals surface area contributed by atoms with Crippen molar-refractivity contribution in [1.82, 2.24) is 19.3 Å². The van der Waals surface area contributed by atoms with E-state index in [4.69, 9.17) is 15.2 Å². The maximum Gasteiger partial charge on any atom is 0.280 e. The summed E-state index contributed by atoms with van der Waals surface area (Å²) in [5.41, 5.74) is 8.89. The molecule has 8 nitrogen and oxygen atoms in total. The number of nitrogens with one attached hydrogen (secondary N) is 1. The smallest absolute Gasteiger partial charge is 0.280 e. The van der Waals surface area contributed by atoms with Crippen molar-refractivity contribution in [2.45, 2.75) is 19.9 Å². The van der Waals surface area contributed by atoms with E-state index in [2.05, 4.69) is 9.97 Å². The van der Waals surface area contributed by atoms with Gasteiger partial charge in [0.25, 0.3) is 5.56 Å². The zero-order chi connectivity index (χ0) is 20.7. The highest BCUT2D eigenvalue weighted by atomic mass is 16.5. The van der Waals surface area contributed by atoms with Crippen molar-refractivity contribution in [2.24, 2.45) is 0 Å². The van der Waals surface area contributed by atoms with Crippen LogP contribution in [0.25, 0.3) is 28.1 Å². The number of imidazole rings is 1. The van der Waals surface area contributed by atoms with Gasteiger partial charge in [-0.2, -0.15) is 0 Å². The van der Waals surface area contributed by atoms with Gasteiger partial charge in [-0.05, 0) is 26.0 Å². The molecule has 0 spiro atoms. The van der Waals surface area contributed by atoms with Crippen molar-refractivity contribution >= 4 is 16.9 Å². The van der Waals surface area contributed by atoms with Gasteiger partial charge in [-0.1, -0.05) is 12.1 Å². The molecule has 4 aromatic rings.